The molecule has 1 aromatic heterocycles. The number of hydrogen-bond acceptors (Lipinski definition) is 3. The van der Waals surface area contributed by atoms with E-state index in [0.717, 1.165) is 6.54 Å². The Labute approximate surface area is 97.7 Å². The largest absolute Gasteiger partial charge is 0.327 e. The summed E-state index contributed by atoms with van der Waals surface area (Å²) in [6.45, 7) is 4.23. The van der Waals surface area contributed by atoms with E-state index in [1.54, 1.807) is 0 Å². The molecule has 1 fully saturated rings. The molecule has 2 atom stereocenters. The Balaban J connectivity index is 2.10. The fourth-order valence-electron chi connectivity index (χ4n) is 2.53. The monoisotopic (exact) mass is 219 g/mol. The molecular formula is C13H21N3. The standard InChI is InChI=1S/C13H21N3/c1-11(14)10-16-8-3-2-6-13(16)12-5-4-7-15-9-12/h4-5,7,9,11,13H,2-3,6,8,10,14H2,1H3/t11-,13+/m1/s1. The summed E-state index contributed by atoms with van der Waals surface area (Å²) in [5.74, 6) is 0. The van der Waals surface area contributed by atoms with Gasteiger partial charge in [0, 0.05) is 31.0 Å². The first-order chi connectivity index (χ1) is 7.77. The molecule has 3 nitrogen and oxygen atoms in total. The van der Waals surface area contributed by atoms with Crippen molar-refractivity contribution in [2.75, 3.05) is 13.1 Å². The minimum absolute atomic E-state index is 0.247. The predicted octanol–water partition coefficient (Wildman–Crippen LogP) is 1.96. The van der Waals surface area contributed by atoms with Gasteiger partial charge in [0.2, 0.25) is 0 Å². The molecule has 0 radical (unpaired) electrons. The maximum Gasteiger partial charge on any atom is 0.0364 e. The van der Waals surface area contributed by atoms with Crippen molar-refractivity contribution in [3.8, 4) is 0 Å². The first-order valence-corrected chi connectivity index (χ1v) is 6.17. The number of hydrogen-bond donors (Lipinski definition) is 1. The minimum Gasteiger partial charge on any atom is -0.327 e. The average Bonchev–Trinajstić information content (AvgIpc) is 2.30. The van der Waals surface area contributed by atoms with Crippen LogP contribution in [-0.4, -0.2) is 29.0 Å². The van der Waals surface area contributed by atoms with Crippen LogP contribution in [0.5, 0.6) is 0 Å². The zero-order valence-electron chi connectivity index (χ0n) is 9.97. The fraction of sp³-hybridized carbons (Fsp3) is 0.615. The number of aromatic nitrogens is 1. The van der Waals surface area contributed by atoms with Crippen LogP contribution in [0, 0.1) is 0 Å². The van der Waals surface area contributed by atoms with Crippen molar-refractivity contribution < 1.29 is 0 Å². The van der Waals surface area contributed by atoms with Crippen molar-refractivity contribution in [3.05, 3.63) is 30.1 Å². The van der Waals surface area contributed by atoms with E-state index in [0.29, 0.717) is 6.04 Å². The molecule has 1 aliphatic rings. The van der Waals surface area contributed by atoms with Crippen molar-refractivity contribution in [3.63, 3.8) is 0 Å². The highest BCUT2D eigenvalue weighted by molar-refractivity contribution is 5.14. The van der Waals surface area contributed by atoms with Gasteiger partial charge in [-0.25, -0.2) is 0 Å². The van der Waals surface area contributed by atoms with E-state index in [2.05, 4.69) is 22.9 Å². The van der Waals surface area contributed by atoms with E-state index in [4.69, 9.17) is 5.73 Å². The lowest BCUT2D eigenvalue weighted by Gasteiger charge is -2.36. The normalized spacial score (nSPS) is 24.2. The molecule has 2 heterocycles. The lowest BCUT2D eigenvalue weighted by atomic mass is 9.96. The van der Waals surface area contributed by atoms with Crippen molar-refractivity contribution in [2.24, 2.45) is 5.73 Å². The fourth-order valence-corrected chi connectivity index (χ4v) is 2.53. The number of piperidine rings is 1. The summed E-state index contributed by atoms with van der Waals surface area (Å²) in [6.07, 6.45) is 7.67. The predicted molar refractivity (Wildman–Crippen MR) is 66.1 cm³/mol. The van der Waals surface area contributed by atoms with Crippen LogP contribution in [-0.2, 0) is 0 Å². The Hall–Kier alpha value is -0.930. The Bertz CT molecular complexity index is 310. The first kappa shape index (κ1) is 11.6. The summed E-state index contributed by atoms with van der Waals surface area (Å²) in [6, 6.07) is 4.97. The number of nitrogens with zero attached hydrogens (tertiary/aromatic N) is 2. The van der Waals surface area contributed by atoms with E-state index in [1.807, 2.05) is 18.5 Å². The molecule has 0 aromatic carbocycles. The van der Waals surface area contributed by atoms with Gasteiger partial charge < -0.3 is 5.73 Å². The summed E-state index contributed by atoms with van der Waals surface area (Å²) >= 11 is 0. The molecule has 88 valence electrons. The van der Waals surface area contributed by atoms with Crippen LogP contribution in [0.4, 0.5) is 0 Å². The molecule has 3 heteroatoms. The average molecular weight is 219 g/mol. The lowest BCUT2D eigenvalue weighted by Crippen LogP contribution is -2.40. The van der Waals surface area contributed by atoms with Gasteiger partial charge >= 0.3 is 0 Å². The molecule has 1 aliphatic heterocycles. The second-order valence-corrected chi connectivity index (χ2v) is 4.77. The maximum atomic E-state index is 5.91. The second kappa shape index (κ2) is 5.41. The molecule has 2 N–H and O–H groups in total. The molecule has 1 aromatic rings. The van der Waals surface area contributed by atoms with Crippen LogP contribution < -0.4 is 5.73 Å². The summed E-state index contributed by atoms with van der Waals surface area (Å²) in [4.78, 5) is 6.72. The smallest absolute Gasteiger partial charge is 0.0364 e. The summed E-state index contributed by atoms with van der Waals surface area (Å²) in [7, 11) is 0. The van der Waals surface area contributed by atoms with Gasteiger partial charge in [-0.1, -0.05) is 12.5 Å². The SMILES string of the molecule is C[C@@H](N)CN1CCCC[C@H]1c1cccnc1. The Morgan fingerprint density at radius 2 is 2.44 bits per heavy atom. The molecule has 0 aliphatic carbocycles. The van der Waals surface area contributed by atoms with E-state index in [1.165, 1.54) is 31.4 Å². The third-order valence-electron chi connectivity index (χ3n) is 3.21. The highest BCUT2D eigenvalue weighted by Gasteiger charge is 2.24. The van der Waals surface area contributed by atoms with Crippen LogP contribution in [0.25, 0.3) is 0 Å². The van der Waals surface area contributed by atoms with Gasteiger partial charge in [0.15, 0.2) is 0 Å². The van der Waals surface area contributed by atoms with E-state index < -0.39 is 0 Å². The van der Waals surface area contributed by atoms with Gasteiger partial charge in [0.05, 0.1) is 0 Å². The Kier molecular flexibility index (Phi) is 3.91. The minimum atomic E-state index is 0.247. The van der Waals surface area contributed by atoms with Gasteiger partial charge in [0.1, 0.15) is 0 Å². The molecule has 16 heavy (non-hydrogen) atoms. The molecule has 0 amide bonds. The van der Waals surface area contributed by atoms with Gasteiger partial charge in [-0.05, 0) is 37.9 Å². The zero-order valence-corrected chi connectivity index (χ0v) is 9.97. The topological polar surface area (TPSA) is 42.1 Å². The van der Waals surface area contributed by atoms with Crippen LogP contribution >= 0.6 is 0 Å². The quantitative estimate of drug-likeness (QED) is 0.845. The second-order valence-electron chi connectivity index (χ2n) is 4.77. The van der Waals surface area contributed by atoms with Crippen LogP contribution in [0.15, 0.2) is 24.5 Å². The summed E-state index contributed by atoms with van der Waals surface area (Å²) in [5.41, 5.74) is 7.24. The number of nitrogens with two attached hydrogens (primary N) is 1. The van der Waals surface area contributed by atoms with Gasteiger partial charge in [-0.15, -0.1) is 0 Å². The number of pyridine rings is 1. The Morgan fingerprint density at radius 3 is 3.12 bits per heavy atom. The maximum absolute atomic E-state index is 5.91. The first-order valence-electron chi connectivity index (χ1n) is 6.17. The van der Waals surface area contributed by atoms with Crippen molar-refractivity contribution in [1.29, 1.82) is 0 Å². The van der Waals surface area contributed by atoms with Crippen LogP contribution in [0.1, 0.15) is 37.8 Å². The van der Waals surface area contributed by atoms with Gasteiger partial charge in [0.25, 0.3) is 0 Å². The molecule has 0 unspecified atom stereocenters. The van der Waals surface area contributed by atoms with E-state index in [9.17, 15) is 0 Å². The molecule has 1 saturated heterocycles. The molecule has 0 saturated carbocycles. The van der Waals surface area contributed by atoms with E-state index in [-0.39, 0.29) is 6.04 Å². The number of likely N-dealkylation sites (tertiary alicyclic amines) is 1. The number of rotatable bonds is 3. The van der Waals surface area contributed by atoms with Gasteiger partial charge in [-0.3, -0.25) is 9.88 Å². The molecule has 2 rings (SSSR count). The van der Waals surface area contributed by atoms with Crippen LogP contribution in [0.3, 0.4) is 0 Å². The molecule has 0 spiro atoms. The molecule has 0 bridgehead atoms. The molecular weight excluding hydrogens is 198 g/mol. The third-order valence-corrected chi connectivity index (χ3v) is 3.21. The van der Waals surface area contributed by atoms with Gasteiger partial charge in [-0.2, -0.15) is 0 Å². The van der Waals surface area contributed by atoms with Crippen molar-refractivity contribution in [1.82, 2.24) is 9.88 Å². The van der Waals surface area contributed by atoms with E-state index >= 15 is 0 Å². The summed E-state index contributed by atoms with van der Waals surface area (Å²) < 4.78 is 0. The summed E-state index contributed by atoms with van der Waals surface area (Å²) in [5, 5.41) is 0. The Morgan fingerprint density at radius 1 is 1.56 bits per heavy atom. The highest BCUT2D eigenvalue weighted by Crippen LogP contribution is 2.30. The lowest BCUT2D eigenvalue weighted by molar-refractivity contribution is 0.142. The van der Waals surface area contributed by atoms with Crippen molar-refractivity contribution >= 4 is 0 Å². The third kappa shape index (κ3) is 2.80. The zero-order chi connectivity index (χ0) is 11.4. The van der Waals surface area contributed by atoms with Crippen molar-refractivity contribution in [2.45, 2.75) is 38.3 Å². The van der Waals surface area contributed by atoms with Crippen LogP contribution in [0.2, 0.25) is 0 Å². The highest BCUT2D eigenvalue weighted by atomic mass is 15.2.